The number of alkyl halides is 3. The lowest BCUT2D eigenvalue weighted by Crippen LogP contribution is -2.45. The molecule has 1 aromatic carbocycles. The van der Waals surface area contributed by atoms with E-state index in [1.165, 1.54) is 4.90 Å². The van der Waals surface area contributed by atoms with Crippen LogP contribution in [0.25, 0.3) is 0 Å². The summed E-state index contributed by atoms with van der Waals surface area (Å²) in [7, 11) is 0. The molecule has 5 nitrogen and oxygen atoms in total. The Morgan fingerprint density at radius 3 is 2.66 bits per heavy atom. The molecule has 1 unspecified atom stereocenters. The number of hydrogen-bond acceptors (Lipinski definition) is 3. The highest BCUT2D eigenvalue weighted by Gasteiger charge is 2.34. The zero-order chi connectivity index (χ0) is 19.8. The fourth-order valence-corrected chi connectivity index (χ4v) is 3.21. The van der Waals surface area contributed by atoms with E-state index in [9.17, 15) is 13.2 Å². The van der Waals surface area contributed by atoms with Crippen LogP contribution >= 0.6 is 24.0 Å². The number of benzene rings is 1. The lowest BCUT2D eigenvalue weighted by atomic mass is 10.2. The van der Waals surface area contributed by atoms with E-state index in [1.54, 1.807) is 6.26 Å². The van der Waals surface area contributed by atoms with E-state index in [0.717, 1.165) is 11.3 Å². The molecule has 1 aromatic heterocycles. The molecule has 1 aliphatic heterocycles. The number of aliphatic imine (C=N–C) groups is 1. The van der Waals surface area contributed by atoms with Crippen molar-refractivity contribution in [2.24, 2.45) is 4.99 Å². The molecule has 0 radical (unpaired) electrons. The molecule has 2 heterocycles. The third-order valence-corrected chi connectivity index (χ3v) is 4.52. The number of halogens is 4. The molecule has 29 heavy (non-hydrogen) atoms. The molecular formula is C20H26F3IN4O. The van der Waals surface area contributed by atoms with Gasteiger partial charge in [0.05, 0.1) is 19.4 Å². The lowest BCUT2D eigenvalue weighted by molar-refractivity contribution is -0.143. The maximum Gasteiger partial charge on any atom is 0.401 e. The van der Waals surface area contributed by atoms with Gasteiger partial charge in [0.2, 0.25) is 0 Å². The van der Waals surface area contributed by atoms with Crippen LogP contribution in [0, 0.1) is 0 Å². The van der Waals surface area contributed by atoms with Crippen LogP contribution in [0.15, 0.2) is 58.1 Å². The zero-order valence-electron chi connectivity index (χ0n) is 16.0. The fourth-order valence-electron chi connectivity index (χ4n) is 3.21. The third-order valence-electron chi connectivity index (χ3n) is 4.52. The molecule has 9 heteroatoms. The Morgan fingerprint density at radius 2 is 1.97 bits per heavy atom. The number of likely N-dealkylation sites (tertiary alicyclic amines) is 1. The van der Waals surface area contributed by atoms with Crippen LogP contribution < -0.4 is 10.6 Å². The summed E-state index contributed by atoms with van der Waals surface area (Å²) in [6.07, 6.45) is -1.18. The van der Waals surface area contributed by atoms with Crippen molar-refractivity contribution in [2.75, 3.05) is 26.2 Å². The molecule has 0 amide bonds. The molecule has 0 aliphatic carbocycles. The first kappa shape index (κ1) is 23.5. The maximum absolute atomic E-state index is 12.6. The Hall–Kier alpha value is -1.75. The largest absolute Gasteiger partial charge is 0.469 e. The van der Waals surface area contributed by atoms with Gasteiger partial charge < -0.3 is 15.1 Å². The van der Waals surface area contributed by atoms with Crippen LogP contribution in [-0.2, 0) is 13.0 Å². The zero-order valence-corrected chi connectivity index (χ0v) is 18.3. The van der Waals surface area contributed by atoms with Crippen molar-refractivity contribution >= 4 is 29.9 Å². The lowest BCUT2D eigenvalue weighted by Gasteiger charge is -2.20. The minimum atomic E-state index is -4.17. The highest BCUT2D eigenvalue weighted by Crippen LogP contribution is 2.19. The van der Waals surface area contributed by atoms with Gasteiger partial charge in [-0.05, 0) is 24.1 Å². The van der Waals surface area contributed by atoms with Gasteiger partial charge in [-0.1, -0.05) is 30.3 Å². The van der Waals surface area contributed by atoms with Gasteiger partial charge >= 0.3 is 6.18 Å². The fraction of sp³-hybridized carbons (Fsp3) is 0.450. The SMILES string of the molecule is FC(F)(F)CN1CCC(NC(=NCc2ccccc2)NCCc2ccco2)C1.I. The summed E-state index contributed by atoms with van der Waals surface area (Å²) >= 11 is 0. The molecule has 1 fully saturated rings. The molecule has 3 rings (SSSR count). The summed E-state index contributed by atoms with van der Waals surface area (Å²) in [5.41, 5.74) is 1.07. The smallest absolute Gasteiger partial charge is 0.401 e. The minimum absolute atomic E-state index is 0. The highest BCUT2D eigenvalue weighted by molar-refractivity contribution is 14.0. The van der Waals surface area contributed by atoms with Crippen molar-refractivity contribution in [1.82, 2.24) is 15.5 Å². The molecule has 1 saturated heterocycles. The third kappa shape index (κ3) is 8.65. The average Bonchev–Trinajstić information content (AvgIpc) is 3.31. The topological polar surface area (TPSA) is 52.8 Å². The second-order valence-corrected chi connectivity index (χ2v) is 6.89. The summed E-state index contributed by atoms with van der Waals surface area (Å²) in [4.78, 5) is 6.02. The van der Waals surface area contributed by atoms with E-state index in [4.69, 9.17) is 4.42 Å². The number of nitrogens with one attached hydrogen (secondary N) is 2. The summed E-state index contributed by atoms with van der Waals surface area (Å²) in [6, 6.07) is 13.5. The van der Waals surface area contributed by atoms with Gasteiger partial charge in [-0.2, -0.15) is 13.2 Å². The second-order valence-electron chi connectivity index (χ2n) is 6.89. The Morgan fingerprint density at radius 1 is 1.17 bits per heavy atom. The Balaban J connectivity index is 0.00000300. The van der Waals surface area contributed by atoms with Gasteiger partial charge in [0.15, 0.2) is 5.96 Å². The van der Waals surface area contributed by atoms with Gasteiger partial charge in [-0.15, -0.1) is 24.0 Å². The second kappa shape index (κ2) is 11.4. The van der Waals surface area contributed by atoms with E-state index < -0.39 is 12.7 Å². The van der Waals surface area contributed by atoms with Crippen LogP contribution in [0.1, 0.15) is 17.7 Å². The van der Waals surface area contributed by atoms with Crippen molar-refractivity contribution in [3.63, 3.8) is 0 Å². The van der Waals surface area contributed by atoms with Crippen molar-refractivity contribution in [2.45, 2.75) is 31.6 Å². The van der Waals surface area contributed by atoms with E-state index in [0.29, 0.717) is 45.0 Å². The molecule has 1 aliphatic rings. The van der Waals surface area contributed by atoms with Crippen LogP contribution in [0.2, 0.25) is 0 Å². The van der Waals surface area contributed by atoms with Gasteiger partial charge in [0.1, 0.15) is 5.76 Å². The Labute approximate surface area is 185 Å². The van der Waals surface area contributed by atoms with Crippen molar-refractivity contribution in [3.8, 4) is 0 Å². The van der Waals surface area contributed by atoms with E-state index in [2.05, 4.69) is 15.6 Å². The van der Waals surface area contributed by atoms with Crippen LogP contribution in [0.4, 0.5) is 13.2 Å². The first-order valence-electron chi connectivity index (χ1n) is 9.38. The van der Waals surface area contributed by atoms with E-state index in [1.807, 2.05) is 42.5 Å². The van der Waals surface area contributed by atoms with Gasteiger partial charge in [-0.3, -0.25) is 4.90 Å². The number of hydrogen-bond donors (Lipinski definition) is 2. The maximum atomic E-state index is 12.6. The molecule has 2 N–H and O–H groups in total. The van der Waals surface area contributed by atoms with E-state index >= 15 is 0 Å². The predicted molar refractivity (Wildman–Crippen MR) is 117 cm³/mol. The normalized spacial score (nSPS) is 17.8. The van der Waals surface area contributed by atoms with Gasteiger partial charge in [0, 0.05) is 32.1 Å². The first-order valence-corrected chi connectivity index (χ1v) is 9.38. The first-order chi connectivity index (χ1) is 13.5. The molecule has 160 valence electrons. The number of furan rings is 1. The quantitative estimate of drug-likeness (QED) is 0.330. The van der Waals surface area contributed by atoms with Crippen LogP contribution in [-0.4, -0.2) is 49.3 Å². The number of rotatable bonds is 7. The summed E-state index contributed by atoms with van der Waals surface area (Å²) in [6.45, 7) is 1.02. The Kier molecular flexibility index (Phi) is 9.28. The monoisotopic (exact) mass is 522 g/mol. The predicted octanol–water partition coefficient (Wildman–Crippen LogP) is 3.81. The molecule has 0 bridgehead atoms. The van der Waals surface area contributed by atoms with Crippen molar-refractivity contribution < 1.29 is 17.6 Å². The minimum Gasteiger partial charge on any atom is -0.469 e. The van der Waals surface area contributed by atoms with Crippen molar-refractivity contribution in [1.29, 1.82) is 0 Å². The molecule has 1 atom stereocenters. The molecule has 2 aromatic rings. The van der Waals surface area contributed by atoms with Gasteiger partial charge in [-0.25, -0.2) is 4.99 Å². The molecular weight excluding hydrogens is 496 g/mol. The van der Waals surface area contributed by atoms with Crippen molar-refractivity contribution in [3.05, 3.63) is 60.1 Å². The van der Waals surface area contributed by atoms with Crippen LogP contribution in [0.5, 0.6) is 0 Å². The number of nitrogens with zero attached hydrogens (tertiary/aromatic N) is 2. The number of guanidine groups is 1. The summed E-state index contributed by atoms with van der Waals surface area (Å²) < 4.78 is 43.1. The standard InChI is InChI=1S/C20H25F3N4O.HI/c21-20(22,23)15-27-11-9-17(14-27)26-19(24-10-8-18-7-4-12-28-18)25-13-16-5-2-1-3-6-16;/h1-7,12,17H,8-11,13-15H2,(H2,24,25,26);1H. The summed E-state index contributed by atoms with van der Waals surface area (Å²) in [5.74, 6) is 1.47. The Bertz CT molecular complexity index is 738. The van der Waals surface area contributed by atoms with Gasteiger partial charge in [0.25, 0.3) is 0 Å². The highest BCUT2D eigenvalue weighted by atomic mass is 127. The van der Waals surface area contributed by atoms with Crippen LogP contribution in [0.3, 0.4) is 0 Å². The van der Waals surface area contributed by atoms with E-state index in [-0.39, 0.29) is 30.0 Å². The summed E-state index contributed by atoms with van der Waals surface area (Å²) in [5, 5.41) is 6.54. The average molecular weight is 522 g/mol. The molecule has 0 spiro atoms. The molecule has 0 saturated carbocycles.